The van der Waals surface area contributed by atoms with E-state index in [9.17, 15) is 4.79 Å². The fourth-order valence-corrected chi connectivity index (χ4v) is 3.50. The first-order valence-electron chi connectivity index (χ1n) is 7.40. The third-order valence-corrected chi connectivity index (χ3v) is 4.57. The predicted octanol–water partition coefficient (Wildman–Crippen LogP) is 1.06. The maximum absolute atomic E-state index is 12.1. The Morgan fingerprint density at radius 1 is 1.33 bits per heavy atom. The lowest BCUT2D eigenvalue weighted by Crippen LogP contribution is -2.48. The van der Waals surface area contributed by atoms with Crippen LogP contribution >= 0.6 is 0 Å². The molecule has 1 heterocycles. The van der Waals surface area contributed by atoms with Gasteiger partial charge in [-0.25, -0.2) is 0 Å². The highest BCUT2D eigenvalue weighted by molar-refractivity contribution is 5.78. The Morgan fingerprint density at radius 2 is 2.11 bits per heavy atom. The van der Waals surface area contributed by atoms with Crippen molar-refractivity contribution < 1.29 is 4.79 Å². The fourth-order valence-electron chi connectivity index (χ4n) is 3.50. The molecule has 2 rings (SSSR count). The molecule has 0 aromatic carbocycles. The van der Waals surface area contributed by atoms with Crippen molar-refractivity contribution in [2.45, 2.75) is 44.6 Å². The smallest absolute Gasteiger partial charge is 0.236 e. The number of nitrogens with two attached hydrogens (primary N) is 1. The third kappa shape index (κ3) is 3.23. The highest BCUT2D eigenvalue weighted by Crippen LogP contribution is 2.36. The van der Waals surface area contributed by atoms with Crippen molar-refractivity contribution in [1.29, 1.82) is 0 Å². The predicted molar refractivity (Wildman–Crippen MR) is 73.2 cm³/mol. The summed E-state index contributed by atoms with van der Waals surface area (Å²) in [5.41, 5.74) is 5.48. The van der Waals surface area contributed by atoms with Crippen LogP contribution in [0.2, 0.25) is 0 Å². The number of nitrogens with zero attached hydrogens (tertiary/aromatic N) is 2. The minimum Gasteiger partial charge on any atom is -0.345 e. The molecule has 0 aromatic rings. The molecule has 104 valence electrons. The summed E-state index contributed by atoms with van der Waals surface area (Å²) in [6, 6.07) is 0.686. The maximum Gasteiger partial charge on any atom is 0.236 e. The SMILES string of the molecule is CN(CCCN)C(=O)CN1CCCC2CCCC21. The topological polar surface area (TPSA) is 49.6 Å². The van der Waals surface area contributed by atoms with Crippen LogP contribution in [-0.2, 0) is 4.79 Å². The normalized spacial score (nSPS) is 28.1. The van der Waals surface area contributed by atoms with E-state index in [1.165, 1.54) is 32.1 Å². The summed E-state index contributed by atoms with van der Waals surface area (Å²) < 4.78 is 0. The molecule has 1 saturated carbocycles. The lowest BCUT2D eigenvalue weighted by molar-refractivity contribution is -0.132. The Morgan fingerprint density at radius 3 is 2.89 bits per heavy atom. The number of fused-ring (bicyclic) bond motifs is 1. The lowest BCUT2D eigenvalue weighted by Gasteiger charge is -2.38. The Balaban J connectivity index is 1.82. The molecule has 0 aromatic heterocycles. The van der Waals surface area contributed by atoms with Crippen LogP contribution in [0.3, 0.4) is 0 Å². The zero-order chi connectivity index (χ0) is 13.0. The fraction of sp³-hybridized carbons (Fsp3) is 0.929. The second-order valence-corrected chi connectivity index (χ2v) is 5.83. The molecular weight excluding hydrogens is 226 g/mol. The molecule has 4 nitrogen and oxygen atoms in total. The molecule has 0 spiro atoms. The van der Waals surface area contributed by atoms with E-state index < -0.39 is 0 Å². The lowest BCUT2D eigenvalue weighted by atomic mass is 9.92. The van der Waals surface area contributed by atoms with Gasteiger partial charge in [0.15, 0.2) is 0 Å². The van der Waals surface area contributed by atoms with E-state index in [1.807, 2.05) is 11.9 Å². The molecule has 1 amide bonds. The van der Waals surface area contributed by atoms with Crippen molar-refractivity contribution in [3.63, 3.8) is 0 Å². The average molecular weight is 253 g/mol. The summed E-state index contributed by atoms with van der Waals surface area (Å²) in [6.45, 7) is 3.17. The van der Waals surface area contributed by atoms with Gasteiger partial charge in [0, 0.05) is 19.6 Å². The highest BCUT2D eigenvalue weighted by atomic mass is 16.2. The number of likely N-dealkylation sites (N-methyl/N-ethyl adjacent to an activating group) is 1. The van der Waals surface area contributed by atoms with Crippen molar-refractivity contribution in [2.24, 2.45) is 11.7 Å². The second kappa shape index (κ2) is 6.53. The summed E-state index contributed by atoms with van der Waals surface area (Å²) >= 11 is 0. The summed E-state index contributed by atoms with van der Waals surface area (Å²) in [4.78, 5) is 16.4. The van der Waals surface area contributed by atoms with Crippen LogP contribution in [0.15, 0.2) is 0 Å². The molecule has 2 unspecified atom stereocenters. The molecule has 18 heavy (non-hydrogen) atoms. The zero-order valence-electron chi connectivity index (χ0n) is 11.6. The monoisotopic (exact) mass is 253 g/mol. The molecule has 2 aliphatic rings. The first-order chi connectivity index (χ1) is 8.72. The number of piperidine rings is 1. The number of likely N-dealkylation sites (tertiary alicyclic amines) is 1. The molecule has 0 bridgehead atoms. The molecule has 0 radical (unpaired) electrons. The van der Waals surface area contributed by atoms with Gasteiger partial charge in [-0.2, -0.15) is 0 Å². The summed E-state index contributed by atoms with van der Waals surface area (Å²) in [5, 5.41) is 0. The number of carbonyl (C=O) groups excluding carboxylic acids is 1. The first kappa shape index (κ1) is 13.8. The molecule has 1 aliphatic carbocycles. The Bertz CT molecular complexity index is 282. The summed E-state index contributed by atoms with van der Waals surface area (Å²) in [7, 11) is 1.90. The second-order valence-electron chi connectivity index (χ2n) is 5.83. The number of amides is 1. The molecule has 1 saturated heterocycles. The van der Waals surface area contributed by atoms with Crippen LogP contribution in [0.4, 0.5) is 0 Å². The molecule has 2 fully saturated rings. The van der Waals surface area contributed by atoms with Crippen LogP contribution in [0.25, 0.3) is 0 Å². The van der Waals surface area contributed by atoms with Gasteiger partial charge in [-0.15, -0.1) is 0 Å². The van der Waals surface area contributed by atoms with Gasteiger partial charge < -0.3 is 10.6 Å². The van der Waals surface area contributed by atoms with E-state index >= 15 is 0 Å². The van der Waals surface area contributed by atoms with Gasteiger partial charge in [-0.05, 0) is 51.1 Å². The van der Waals surface area contributed by atoms with Crippen molar-refractivity contribution in [1.82, 2.24) is 9.80 Å². The number of hydrogen-bond acceptors (Lipinski definition) is 3. The van der Waals surface area contributed by atoms with Crippen LogP contribution < -0.4 is 5.73 Å². The summed E-state index contributed by atoms with van der Waals surface area (Å²) in [6.07, 6.45) is 7.56. The van der Waals surface area contributed by atoms with E-state index in [0.29, 0.717) is 19.1 Å². The van der Waals surface area contributed by atoms with Gasteiger partial charge in [0.2, 0.25) is 5.91 Å². The maximum atomic E-state index is 12.1. The van der Waals surface area contributed by atoms with Crippen LogP contribution in [0, 0.1) is 5.92 Å². The Labute approximate surface area is 110 Å². The van der Waals surface area contributed by atoms with Crippen molar-refractivity contribution in [3.8, 4) is 0 Å². The third-order valence-electron chi connectivity index (χ3n) is 4.57. The van der Waals surface area contributed by atoms with E-state index in [-0.39, 0.29) is 5.91 Å². The van der Waals surface area contributed by atoms with Gasteiger partial charge in [0.25, 0.3) is 0 Å². The number of rotatable bonds is 5. The van der Waals surface area contributed by atoms with Crippen molar-refractivity contribution >= 4 is 5.91 Å². The van der Waals surface area contributed by atoms with Crippen LogP contribution in [-0.4, -0.2) is 55.0 Å². The number of hydrogen-bond donors (Lipinski definition) is 1. The molecule has 1 aliphatic heterocycles. The molecular formula is C14H27N3O. The van der Waals surface area contributed by atoms with Gasteiger partial charge in [0.1, 0.15) is 0 Å². The van der Waals surface area contributed by atoms with E-state index in [2.05, 4.69) is 4.90 Å². The summed E-state index contributed by atoms with van der Waals surface area (Å²) in [5.74, 6) is 1.12. The van der Waals surface area contributed by atoms with Crippen molar-refractivity contribution in [3.05, 3.63) is 0 Å². The Hall–Kier alpha value is -0.610. The first-order valence-corrected chi connectivity index (χ1v) is 7.40. The van der Waals surface area contributed by atoms with E-state index in [0.717, 1.165) is 25.4 Å². The van der Waals surface area contributed by atoms with Gasteiger partial charge in [0.05, 0.1) is 6.54 Å². The van der Waals surface area contributed by atoms with Gasteiger partial charge in [-0.1, -0.05) is 6.42 Å². The minimum atomic E-state index is 0.260. The van der Waals surface area contributed by atoms with Crippen LogP contribution in [0.1, 0.15) is 38.5 Å². The zero-order valence-corrected chi connectivity index (χ0v) is 11.6. The van der Waals surface area contributed by atoms with E-state index in [4.69, 9.17) is 5.73 Å². The molecule has 4 heteroatoms. The quantitative estimate of drug-likeness (QED) is 0.797. The standard InChI is InChI=1S/C14H27N3O/c1-16(9-4-8-15)14(18)11-17-10-3-6-12-5-2-7-13(12)17/h12-13H,2-11,15H2,1H3. The molecule has 2 atom stereocenters. The highest BCUT2D eigenvalue weighted by Gasteiger charge is 2.35. The average Bonchev–Trinajstić information content (AvgIpc) is 2.85. The van der Waals surface area contributed by atoms with Crippen LogP contribution in [0.5, 0.6) is 0 Å². The van der Waals surface area contributed by atoms with Gasteiger partial charge in [-0.3, -0.25) is 9.69 Å². The Kier molecular flexibility index (Phi) is 5.01. The van der Waals surface area contributed by atoms with E-state index in [1.54, 1.807) is 0 Å². The van der Waals surface area contributed by atoms with Crippen molar-refractivity contribution in [2.75, 3.05) is 33.2 Å². The minimum absolute atomic E-state index is 0.260. The van der Waals surface area contributed by atoms with Gasteiger partial charge >= 0.3 is 0 Å². The molecule has 2 N–H and O–H groups in total. The number of carbonyl (C=O) groups is 1. The largest absolute Gasteiger partial charge is 0.345 e.